The summed E-state index contributed by atoms with van der Waals surface area (Å²) >= 11 is 0. The number of nitrogens with two attached hydrogens (primary N) is 2. The molecule has 0 bridgehead atoms. The fourth-order valence-corrected chi connectivity index (χ4v) is 2.78. The van der Waals surface area contributed by atoms with Crippen molar-refractivity contribution in [2.24, 2.45) is 5.73 Å². The maximum Gasteiger partial charge on any atom is 0.286 e. The molecule has 3 rings (SSSR count). The van der Waals surface area contributed by atoms with E-state index in [1.165, 1.54) is 6.92 Å². The molecule has 134 valence electrons. The molecule has 3 heterocycles. The molecule has 0 aromatic carbocycles. The number of aromatic nitrogens is 4. The summed E-state index contributed by atoms with van der Waals surface area (Å²) in [7, 11) is 0. The molecule has 0 aliphatic carbocycles. The number of carbonyl (C=O) groups is 1. The van der Waals surface area contributed by atoms with Crippen LogP contribution in [0.5, 0.6) is 0 Å². The first-order valence-corrected chi connectivity index (χ1v) is 7.19. The summed E-state index contributed by atoms with van der Waals surface area (Å²) in [5.74, 6) is -1.25. The minimum atomic E-state index is -1.99. The zero-order valence-electron chi connectivity index (χ0n) is 13.0. The molecule has 0 unspecified atom stereocenters. The number of amides is 1. The Morgan fingerprint density at radius 1 is 1.48 bits per heavy atom. The van der Waals surface area contributed by atoms with Crippen molar-refractivity contribution < 1.29 is 24.9 Å². The van der Waals surface area contributed by atoms with E-state index in [1.807, 2.05) is 0 Å². The number of nitrogen functional groups attached to an aromatic ring is 1. The summed E-state index contributed by atoms with van der Waals surface area (Å²) < 4.78 is 6.24. The van der Waals surface area contributed by atoms with Gasteiger partial charge in [0.2, 0.25) is 0 Å². The van der Waals surface area contributed by atoms with Crippen molar-refractivity contribution in [1.82, 2.24) is 19.5 Å². The quantitative estimate of drug-likeness (QED) is 0.376. The zero-order valence-corrected chi connectivity index (χ0v) is 13.0. The van der Waals surface area contributed by atoms with Crippen LogP contribution in [-0.2, 0) is 4.74 Å². The number of hydrogen-bond donors (Lipinski definition) is 5. The van der Waals surface area contributed by atoms with Crippen molar-refractivity contribution in [3.05, 3.63) is 22.4 Å². The van der Waals surface area contributed by atoms with E-state index >= 15 is 0 Å². The van der Waals surface area contributed by atoms with Crippen molar-refractivity contribution in [3.8, 4) is 0 Å². The molecule has 1 aliphatic heterocycles. The van der Waals surface area contributed by atoms with Crippen molar-refractivity contribution in [3.63, 3.8) is 0 Å². The average molecular weight is 352 g/mol. The van der Waals surface area contributed by atoms with Crippen LogP contribution in [0.4, 0.5) is 5.82 Å². The Bertz CT molecular complexity index is 912. The lowest BCUT2D eigenvalue weighted by Crippen LogP contribution is -2.47. The van der Waals surface area contributed by atoms with Crippen LogP contribution in [0.15, 0.2) is 11.1 Å². The topological polar surface area (TPSA) is 200 Å². The Labute approximate surface area is 139 Å². The van der Waals surface area contributed by atoms with Gasteiger partial charge < -0.3 is 31.5 Å². The van der Waals surface area contributed by atoms with Gasteiger partial charge in [0.15, 0.2) is 23.4 Å². The third-order valence-electron chi connectivity index (χ3n) is 4.11. The summed E-state index contributed by atoms with van der Waals surface area (Å²) in [6.45, 7) is 0.608. The van der Waals surface area contributed by atoms with E-state index in [2.05, 4.69) is 15.0 Å². The Morgan fingerprint density at radius 3 is 2.72 bits per heavy atom. The van der Waals surface area contributed by atoms with E-state index in [1.54, 1.807) is 0 Å². The van der Waals surface area contributed by atoms with Crippen LogP contribution in [0.2, 0.25) is 0 Å². The second-order valence-electron chi connectivity index (χ2n) is 5.81. The van der Waals surface area contributed by atoms with Gasteiger partial charge in [0.25, 0.3) is 11.5 Å². The lowest BCUT2D eigenvalue weighted by atomic mass is 9.96. The van der Waals surface area contributed by atoms with Crippen LogP contribution in [0.25, 0.3) is 11.2 Å². The van der Waals surface area contributed by atoms with E-state index in [0.29, 0.717) is 0 Å². The van der Waals surface area contributed by atoms with Gasteiger partial charge in [0.1, 0.15) is 29.7 Å². The SMILES string of the molecule is C[C@@]1(O)[C@H](O)[C@@H](CO)O[C@H]1n1c(=O)c(C(N)=O)nc2c(N)ncnc21. The highest BCUT2D eigenvalue weighted by molar-refractivity contribution is 5.93. The third-order valence-corrected chi connectivity index (χ3v) is 4.11. The highest BCUT2D eigenvalue weighted by atomic mass is 16.6. The molecule has 12 heteroatoms. The number of aliphatic hydroxyl groups excluding tert-OH is 2. The minimum Gasteiger partial charge on any atom is -0.394 e. The molecule has 0 radical (unpaired) electrons. The normalized spacial score (nSPS) is 29.2. The summed E-state index contributed by atoms with van der Waals surface area (Å²) in [5, 5.41) is 30.0. The lowest BCUT2D eigenvalue weighted by molar-refractivity contribution is -0.0964. The molecule has 1 aliphatic rings. The minimum absolute atomic E-state index is 0.0998. The molecule has 4 atom stereocenters. The lowest BCUT2D eigenvalue weighted by Gasteiger charge is -2.28. The van der Waals surface area contributed by atoms with Gasteiger partial charge in [-0.3, -0.25) is 14.2 Å². The van der Waals surface area contributed by atoms with Gasteiger partial charge in [-0.1, -0.05) is 0 Å². The Hall–Kier alpha value is -2.67. The summed E-state index contributed by atoms with van der Waals surface area (Å²) in [5.41, 5.74) is 7.04. The fourth-order valence-electron chi connectivity index (χ4n) is 2.78. The maximum atomic E-state index is 12.7. The van der Waals surface area contributed by atoms with Gasteiger partial charge in [0, 0.05) is 0 Å². The number of fused-ring (bicyclic) bond motifs is 1. The molecule has 1 saturated heterocycles. The van der Waals surface area contributed by atoms with Crippen molar-refractivity contribution in [2.75, 3.05) is 12.3 Å². The molecule has 0 spiro atoms. The predicted octanol–water partition coefficient (Wildman–Crippen LogP) is -3.13. The van der Waals surface area contributed by atoms with Crippen LogP contribution in [0.1, 0.15) is 23.6 Å². The number of hydrogen-bond acceptors (Lipinski definition) is 10. The molecule has 0 saturated carbocycles. The fraction of sp³-hybridized carbons (Fsp3) is 0.462. The Kier molecular flexibility index (Phi) is 3.91. The molecule has 25 heavy (non-hydrogen) atoms. The van der Waals surface area contributed by atoms with Crippen molar-refractivity contribution in [1.29, 1.82) is 0 Å². The summed E-state index contributed by atoms with van der Waals surface area (Å²) in [6.07, 6.45) is -3.09. The van der Waals surface area contributed by atoms with Crippen LogP contribution in [0.3, 0.4) is 0 Å². The van der Waals surface area contributed by atoms with Gasteiger partial charge in [-0.25, -0.2) is 15.0 Å². The summed E-state index contributed by atoms with van der Waals surface area (Å²) in [4.78, 5) is 35.7. The number of rotatable bonds is 3. The maximum absolute atomic E-state index is 12.7. The molecular formula is C13H16N6O6. The van der Waals surface area contributed by atoms with E-state index < -0.39 is 47.8 Å². The first kappa shape index (κ1) is 17.2. The standard InChI is InChI=1S/C13H16N6O6/c1-13(24)7(21)4(2-20)25-12(13)19-10-5(8(14)16-3-17-10)18-6(9(15)22)11(19)23/h3-4,7,12,20-21,24H,2H2,1H3,(H2,15,22)(H2,14,16,17)/t4-,7-,12-,13-/m1/s1. The van der Waals surface area contributed by atoms with E-state index in [9.17, 15) is 24.9 Å². The first-order chi connectivity index (χ1) is 11.7. The largest absolute Gasteiger partial charge is 0.394 e. The second kappa shape index (κ2) is 5.70. The average Bonchev–Trinajstić information content (AvgIpc) is 2.77. The van der Waals surface area contributed by atoms with E-state index in [0.717, 1.165) is 10.9 Å². The molecular weight excluding hydrogens is 336 g/mol. The molecule has 12 nitrogen and oxygen atoms in total. The number of anilines is 1. The van der Waals surface area contributed by atoms with Gasteiger partial charge in [-0.15, -0.1) is 0 Å². The number of carbonyl (C=O) groups excluding carboxylic acids is 1. The monoisotopic (exact) mass is 352 g/mol. The molecule has 2 aromatic heterocycles. The molecule has 2 aromatic rings. The van der Waals surface area contributed by atoms with Crippen LogP contribution in [0, 0.1) is 0 Å². The molecule has 1 fully saturated rings. The Balaban J connectivity index is 2.36. The predicted molar refractivity (Wildman–Crippen MR) is 82.1 cm³/mol. The Morgan fingerprint density at radius 2 is 2.16 bits per heavy atom. The summed E-state index contributed by atoms with van der Waals surface area (Å²) in [6, 6.07) is 0. The van der Waals surface area contributed by atoms with Crippen LogP contribution >= 0.6 is 0 Å². The highest BCUT2D eigenvalue weighted by Gasteiger charge is 2.53. The van der Waals surface area contributed by atoms with Crippen LogP contribution in [-0.4, -0.2) is 65.2 Å². The van der Waals surface area contributed by atoms with Crippen LogP contribution < -0.4 is 17.0 Å². The highest BCUT2D eigenvalue weighted by Crippen LogP contribution is 2.38. The van der Waals surface area contributed by atoms with Gasteiger partial charge in [-0.05, 0) is 6.92 Å². The third kappa shape index (κ3) is 2.42. The van der Waals surface area contributed by atoms with E-state index in [4.69, 9.17) is 16.2 Å². The second-order valence-corrected chi connectivity index (χ2v) is 5.81. The molecule has 7 N–H and O–H groups in total. The van der Waals surface area contributed by atoms with E-state index in [-0.39, 0.29) is 17.0 Å². The van der Waals surface area contributed by atoms with Gasteiger partial charge in [-0.2, -0.15) is 0 Å². The van der Waals surface area contributed by atoms with Crippen molar-refractivity contribution >= 4 is 22.9 Å². The van der Waals surface area contributed by atoms with Gasteiger partial charge in [0.05, 0.1) is 6.61 Å². The number of aliphatic hydroxyl groups is 3. The zero-order chi connectivity index (χ0) is 18.5. The number of primary amides is 1. The smallest absolute Gasteiger partial charge is 0.286 e. The van der Waals surface area contributed by atoms with Gasteiger partial charge >= 0.3 is 0 Å². The van der Waals surface area contributed by atoms with Crippen molar-refractivity contribution in [2.45, 2.75) is 31.0 Å². The number of ether oxygens (including phenoxy) is 1. The first-order valence-electron chi connectivity index (χ1n) is 7.19. The molecule has 1 amide bonds. The number of nitrogens with zero attached hydrogens (tertiary/aromatic N) is 4.